The van der Waals surface area contributed by atoms with E-state index in [1.54, 1.807) is 19.3 Å². The third-order valence-corrected chi connectivity index (χ3v) is 4.16. The first kappa shape index (κ1) is 17.6. The molecule has 0 spiro atoms. The van der Waals surface area contributed by atoms with Crippen LogP contribution in [-0.4, -0.2) is 42.1 Å². The van der Waals surface area contributed by atoms with Crippen LogP contribution >= 0.6 is 0 Å². The molecule has 1 aromatic rings. The molecule has 0 aliphatic carbocycles. The van der Waals surface area contributed by atoms with E-state index in [0.29, 0.717) is 13.0 Å². The van der Waals surface area contributed by atoms with Crippen LogP contribution in [0.4, 0.5) is 0 Å². The van der Waals surface area contributed by atoms with Crippen molar-refractivity contribution in [3.8, 4) is 5.75 Å². The average Bonchev–Trinajstić information content (AvgIpc) is 2.61. The van der Waals surface area contributed by atoms with E-state index in [0.717, 1.165) is 16.9 Å². The second-order valence-corrected chi connectivity index (χ2v) is 6.05. The third-order valence-electron chi connectivity index (χ3n) is 4.16. The van der Waals surface area contributed by atoms with E-state index in [2.05, 4.69) is 10.3 Å². The lowest BCUT2D eigenvalue weighted by Crippen LogP contribution is -2.51. The fourth-order valence-electron chi connectivity index (χ4n) is 2.77. The highest BCUT2D eigenvalue weighted by atomic mass is 16.5. The van der Waals surface area contributed by atoms with Gasteiger partial charge in [0.15, 0.2) is 5.92 Å². The van der Waals surface area contributed by atoms with Crippen molar-refractivity contribution in [3.63, 3.8) is 0 Å². The summed E-state index contributed by atoms with van der Waals surface area (Å²) < 4.78 is 5.16. The Hall–Kier alpha value is -3.22. The van der Waals surface area contributed by atoms with Crippen LogP contribution in [0.1, 0.15) is 12.5 Å². The molecule has 3 amide bonds. The van der Waals surface area contributed by atoms with Gasteiger partial charge in [-0.3, -0.25) is 19.3 Å². The van der Waals surface area contributed by atoms with Crippen molar-refractivity contribution < 1.29 is 19.1 Å². The standard InChI is InChI=1S/C19H19N3O4/c1-12-7-9-22-15(10-12)21-18(24)16(19(22)25)17(23)20-8-6-13-4-3-5-14(11-13)26-2/h3-5,7,9-11,16H,6,8H2,1-2H3,(H,20,23). The van der Waals surface area contributed by atoms with Crippen molar-refractivity contribution in [2.75, 3.05) is 13.7 Å². The highest BCUT2D eigenvalue weighted by molar-refractivity contribution is 6.28. The molecule has 0 saturated heterocycles. The third kappa shape index (κ3) is 3.56. The van der Waals surface area contributed by atoms with Crippen LogP contribution in [0, 0.1) is 5.92 Å². The molecule has 3 rings (SSSR count). The molecular weight excluding hydrogens is 334 g/mol. The number of carbonyl (C=O) groups is 3. The molecule has 1 N–H and O–H groups in total. The molecular formula is C19H19N3O4. The molecule has 2 aliphatic rings. The number of aliphatic imine (C=N–C) groups is 1. The number of benzene rings is 1. The number of hydrogen-bond acceptors (Lipinski definition) is 4. The van der Waals surface area contributed by atoms with E-state index in [1.807, 2.05) is 31.2 Å². The maximum atomic E-state index is 12.5. The Bertz CT molecular complexity index is 854. The monoisotopic (exact) mass is 353 g/mol. The summed E-state index contributed by atoms with van der Waals surface area (Å²) in [6, 6.07) is 7.47. The van der Waals surface area contributed by atoms with E-state index in [1.165, 1.54) is 11.1 Å². The minimum absolute atomic E-state index is 0.250. The second-order valence-electron chi connectivity index (χ2n) is 6.05. The maximum absolute atomic E-state index is 12.5. The second kappa shape index (κ2) is 7.35. The molecule has 1 aromatic carbocycles. The fourth-order valence-corrected chi connectivity index (χ4v) is 2.77. The Morgan fingerprint density at radius 3 is 2.92 bits per heavy atom. The van der Waals surface area contributed by atoms with Gasteiger partial charge in [-0.15, -0.1) is 0 Å². The van der Waals surface area contributed by atoms with Crippen molar-refractivity contribution in [1.29, 1.82) is 0 Å². The first-order valence-corrected chi connectivity index (χ1v) is 8.22. The van der Waals surface area contributed by atoms with Crippen LogP contribution in [0.2, 0.25) is 0 Å². The lowest BCUT2D eigenvalue weighted by atomic mass is 10.0. The Labute approximate surface area is 151 Å². The lowest BCUT2D eigenvalue weighted by molar-refractivity contribution is -0.144. The van der Waals surface area contributed by atoms with Crippen LogP contribution in [0.25, 0.3) is 0 Å². The SMILES string of the molecule is COc1cccc(CCNC(=O)C2C(=O)N=C3C=C(C)C=CN3C2=O)c1. The van der Waals surface area contributed by atoms with Crippen molar-refractivity contribution in [1.82, 2.24) is 10.2 Å². The zero-order valence-electron chi connectivity index (χ0n) is 14.6. The summed E-state index contributed by atoms with van der Waals surface area (Å²) >= 11 is 0. The summed E-state index contributed by atoms with van der Waals surface area (Å²) in [6.07, 6.45) is 5.44. The quantitative estimate of drug-likeness (QED) is 0.806. The number of allylic oxidation sites excluding steroid dienone is 2. The van der Waals surface area contributed by atoms with Crippen LogP contribution in [0.5, 0.6) is 5.75 Å². The number of methoxy groups -OCH3 is 1. The van der Waals surface area contributed by atoms with E-state index in [-0.39, 0.29) is 5.84 Å². The van der Waals surface area contributed by atoms with Gasteiger partial charge in [-0.1, -0.05) is 12.1 Å². The zero-order chi connectivity index (χ0) is 18.7. The summed E-state index contributed by atoms with van der Waals surface area (Å²) in [5.74, 6) is -2.42. The first-order chi connectivity index (χ1) is 12.5. The largest absolute Gasteiger partial charge is 0.497 e. The van der Waals surface area contributed by atoms with Gasteiger partial charge in [0, 0.05) is 12.7 Å². The molecule has 0 aromatic heterocycles. The van der Waals surface area contributed by atoms with Crippen LogP contribution in [-0.2, 0) is 20.8 Å². The zero-order valence-corrected chi connectivity index (χ0v) is 14.6. The molecule has 1 atom stereocenters. The molecule has 2 heterocycles. The van der Waals surface area contributed by atoms with E-state index in [4.69, 9.17) is 4.74 Å². The van der Waals surface area contributed by atoms with Gasteiger partial charge in [-0.05, 0) is 48.8 Å². The van der Waals surface area contributed by atoms with Crippen molar-refractivity contribution in [3.05, 3.63) is 53.8 Å². The molecule has 7 nitrogen and oxygen atoms in total. The van der Waals surface area contributed by atoms with Crippen LogP contribution in [0.3, 0.4) is 0 Å². The summed E-state index contributed by atoms with van der Waals surface area (Å²) in [5, 5.41) is 2.65. The highest BCUT2D eigenvalue weighted by Crippen LogP contribution is 2.19. The first-order valence-electron chi connectivity index (χ1n) is 8.22. The van der Waals surface area contributed by atoms with Gasteiger partial charge in [0.05, 0.1) is 7.11 Å². The molecule has 1 unspecified atom stereocenters. The topological polar surface area (TPSA) is 88.1 Å². The Kier molecular flexibility index (Phi) is 4.97. The predicted molar refractivity (Wildman–Crippen MR) is 95.4 cm³/mol. The van der Waals surface area contributed by atoms with E-state index >= 15 is 0 Å². The Balaban J connectivity index is 1.64. The number of ether oxygens (including phenoxy) is 1. The van der Waals surface area contributed by atoms with Crippen molar-refractivity contribution >= 4 is 23.6 Å². The number of hydrogen-bond donors (Lipinski definition) is 1. The number of rotatable bonds is 5. The smallest absolute Gasteiger partial charge is 0.269 e. The summed E-state index contributed by atoms with van der Waals surface area (Å²) in [6.45, 7) is 2.14. The number of amidine groups is 1. The number of carbonyl (C=O) groups excluding carboxylic acids is 3. The Morgan fingerprint density at radius 2 is 2.15 bits per heavy atom. The van der Waals surface area contributed by atoms with Crippen LogP contribution in [0.15, 0.2) is 53.2 Å². The van der Waals surface area contributed by atoms with Crippen molar-refractivity contribution in [2.24, 2.45) is 10.9 Å². The molecule has 134 valence electrons. The van der Waals surface area contributed by atoms with Gasteiger partial charge >= 0.3 is 0 Å². The minimum atomic E-state index is -1.44. The number of fused-ring (bicyclic) bond motifs is 1. The van der Waals surface area contributed by atoms with Gasteiger partial charge in [-0.2, -0.15) is 4.99 Å². The molecule has 2 aliphatic heterocycles. The molecule has 7 heteroatoms. The molecule has 0 saturated carbocycles. The van der Waals surface area contributed by atoms with Crippen molar-refractivity contribution in [2.45, 2.75) is 13.3 Å². The number of nitrogens with one attached hydrogen (secondary N) is 1. The maximum Gasteiger partial charge on any atom is 0.269 e. The number of amides is 3. The summed E-state index contributed by atoms with van der Waals surface area (Å²) in [7, 11) is 1.59. The van der Waals surface area contributed by atoms with Gasteiger partial charge in [0.1, 0.15) is 11.6 Å². The highest BCUT2D eigenvalue weighted by Gasteiger charge is 2.41. The van der Waals surface area contributed by atoms with E-state index < -0.39 is 23.6 Å². The molecule has 0 radical (unpaired) electrons. The fraction of sp³-hybridized carbons (Fsp3) is 0.263. The average molecular weight is 353 g/mol. The predicted octanol–water partition coefficient (Wildman–Crippen LogP) is 1.21. The molecule has 0 fully saturated rings. The minimum Gasteiger partial charge on any atom is -0.497 e. The number of nitrogens with zero attached hydrogens (tertiary/aromatic N) is 2. The summed E-state index contributed by atoms with van der Waals surface area (Å²) in [5.41, 5.74) is 1.85. The summed E-state index contributed by atoms with van der Waals surface area (Å²) in [4.78, 5) is 42.1. The molecule has 0 bridgehead atoms. The van der Waals surface area contributed by atoms with Gasteiger partial charge in [0.2, 0.25) is 5.91 Å². The van der Waals surface area contributed by atoms with Gasteiger partial charge in [0.25, 0.3) is 11.8 Å². The molecule has 26 heavy (non-hydrogen) atoms. The van der Waals surface area contributed by atoms with Crippen LogP contribution < -0.4 is 10.1 Å². The lowest BCUT2D eigenvalue weighted by Gasteiger charge is -2.28. The Morgan fingerprint density at radius 1 is 1.35 bits per heavy atom. The normalized spacial score (nSPS) is 18.8. The van der Waals surface area contributed by atoms with Gasteiger partial charge < -0.3 is 10.1 Å². The van der Waals surface area contributed by atoms with Gasteiger partial charge in [-0.25, -0.2) is 0 Å². The van der Waals surface area contributed by atoms with E-state index in [9.17, 15) is 14.4 Å².